The number of rotatable bonds is 9. The molecule has 1 aliphatic carbocycles. The van der Waals surface area contributed by atoms with E-state index >= 15 is 0 Å². The second-order valence-electron chi connectivity index (χ2n) is 9.58. The highest BCUT2D eigenvalue weighted by atomic mass is 35.5. The Balaban J connectivity index is 1.69. The van der Waals surface area contributed by atoms with Gasteiger partial charge in [-0.25, -0.2) is 0 Å². The fraction of sp³-hybridized carbons (Fsp3) is 0.333. The molecule has 4 rings (SSSR count). The van der Waals surface area contributed by atoms with Crippen LogP contribution in [0.4, 0.5) is 0 Å². The Morgan fingerprint density at radius 3 is 2.22 bits per heavy atom. The first kappa shape index (κ1) is 26.2. The third kappa shape index (κ3) is 6.89. The van der Waals surface area contributed by atoms with Crippen LogP contribution in [-0.2, 0) is 29.0 Å². The van der Waals surface area contributed by atoms with Gasteiger partial charge in [-0.15, -0.1) is 0 Å². The van der Waals surface area contributed by atoms with Gasteiger partial charge in [0.1, 0.15) is 6.04 Å². The zero-order valence-electron chi connectivity index (χ0n) is 20.6. The molecule has 1 N–H and O–H groups in total. The zero-order valence-corrected chi connectivity index (χ0v) is 22.1. The maximum absolute atomic E-state index is 13.9. The number of hydrogen-bond donors (Lipinski definition) is 1. The highest BCUT2D eigenvalue weighted by molar-refractivity contribution is 6.36. The predicted octanol–water partition coefficient (Wildman–Crippen LogP) is 6.54. The second-order valence-corrected chi connectivity index (χ2v) is 10.4. The summed E-state index contributed by atoms with van der Waals surface area (Å²) >= 11 is 12.8. The van der Waals surface area contributed by atoms with Crippen molar-refractivity contribution in [2.24, 2.45) is 0 Å². The molecule has 188 valence electrons. The number of carbonyl (C=O) groups excluding carboxylic acids is 2. The van der Waals surface area contributed by atoms with Crippen molar-refractivity contribution < 1.29 is 9.59 Å². The summed E-state index contributed by atoms with van der Waals surface area (Å²) in [6.07, 6.45) is 4.63. The first-order valence-corrected chi connectivity index (χ1v) is 13.3. The molecule has 4 nitrogen and oxygen atoms in total. The highest BCUT2D eigenvalue weighted by Gasteiger charge is 2.32. The molecule has 0 bridgehead atoms. The van der Waals surface area contributed by atoms with Crippen LogP contribution in [0.3, 0.4) is 0 Å². The number of aryl methyl sites for hydroxylation is 1. The number of benzene rings is 3. The molecule has 3 aromatic carbocycles. The Labute approximate surface area is 223 Å². The minimum absolute atomic E-state index is 0.0202. The molecule has 1 atom stereocenters. The maximum Gasteiger partial charge on any atom is 0.243 e. The molecule has 2 amide bonds. The lowest BCUT2D eigenvalue weighted by atomic mass is 10.0. The molecule has 0 saturated heterocycles. The fourth-order valence-corrected chi connectivity index (χ4v) is 5.41. The molecular weight excluding hydrogens is 491 g/mol. The molecule has 1 aliphatic rings. The van der Waals surface area contributed by atoms with Gasteiger partial charge in [0.15, 0.2) is 0 Å². The van der Waals surface area contributed by atoms with Crippen LogP contribution in [0.15, 0.2) is 72.8 Å². The Kier molecular flexibility index (Phi) is 9.06. The van der Waals surface area contributed by atoms with Crippen molar-refractivity contribution in [3.63, 3.8) is 0 Å². The average Bonchev–Trinajstić information content (AvgIpc) is 3.37. The summed E-state index contributed by atoms with van der Waals surface area (Å²) in [7, 11) is 0. The van der Waals surface area contributed by atoms with Crippen LogP contribution in [0.2, 0.25) is 10.0 Å². The van der Waals surface area contributed by atoms with E-state index in [0.717, 1.165) is 42.4 Å². The van der Waals surface area contributed by atoms with E-state index in [0.29, 0.717) is 28.6 Å². The van der Waals surface area contributed by atoms with Crippen LogP contribution < -0.4 is 5.32 Å². The SMILES string of the molecule is Cc1cccc(CN(C(=O)Cc2c(Cl)cccc2Cl)C(Cc2ccccc2)C(=O)NC2CCCC2)c1. The van der Waals surface area contributed by atoms with Crippen molar-refractivity contribution in [2.45, 2.75) is 64.1 Å². The molecule has 6 heteroatoms. The summed E-state index contributed by atoms with van der Waals surface area (Å²) in [4.78, 5) is 29.3. The summed E-state index contributed by atoms with van der Waals surface area (Å²) in [5.41, 5.74) is 3.65. The normalized spacial score (nSPS) is 14.4. The van der Waals surface area contributed by atoms with Gasteiger partial charge in [0, 0.05) is 29.1 Å². The summed E-state index contributed by atoms with van der Waals surface area (Å²) in [5, 5.41) is 4.12. The number of nitrogens with one attached hydrogen (secondary N) is 1. The van der Waals surface area contributed by atoms with E-state index in [1.54, 1.807) is 23.1 Å². The van der Waals surface area contributed by atoms with Crippen LogP contribution in [0.5, 0.6) is 0 Å². The van der Waals surface area contributed by atoms with Gasteiger partial charge in [-0.1, -0.05) is 102 Å². The Bertz CT molecular complexity index is 1170. The highest BCUT2D eigenvalue weighted by Crippen LogP contribution is 2.27. The molecule has 0 radical (unpaired) electrons. The molecule has 1 saturated carbocycles. The van der Waals surface area contributed by atoms with Crippen molar-refractivity contribution >= 4 is 35.0 Å². The van der Waals surface area contributed by atoms with E-state index in [1.807, 2.05) is 55.5 Å². The van der Waals surface area contributed by atoms with Crippen LogP contribution in [0, 0.1) is 6.92 Å². The van der Waals surface area contributed by atoms with Crippen LogP contribution >= 0.6 is 23.2 Å². The summed E-state index contributed by atoms with van der Waals surface area (Å²) in [6, 6.07) is 22.6. The number of nitrogens with zero attached hydrogens (tertiary/aromatic N) is 1. The zero-order chi connectivity index (χ0) is 25.5. The Hall–Kier alpha value is -2.82. The minimum Gasteiger partial charge on any atom is -0.352 e. The van der Waals surface area contributed by atoms with Crippen molar-refractivity contribution in [2.75, 3.05) is 0 Å². The molecule has 1 fully saturated rings. The van der Waals surface area contributed by atoms with E-state index in [4.69, 9.17) is 23.2 Å². The summed E-state index contributed by atoms with van der Waals surface area (Å²) in [5.74, 6) is -0.300. The van der Waals surface area contributed by atoms with Gasteiger partial charge >= 0.3 is 0 Å². The van der Waals surface area contributed by atoms with Gasteiger partial charge in [0.25, 0.3) is 0 Å². The summed E-state index contributed by atoms with van der Waals surface area (Å²) < 4.78 is 0. The van der Waals surface area contributed by atoms with Gasteiger partial charge in [-0.3, -0.25) is 9.59 Å². The average molecular weight is 524 g/mol. The maximum atomic E-state index is 13.9. The predicted molar refractivity (Wildman–Crippen MR) is 146 cm³/mol. The van der Waals surface area contributed by atoms with E-state index in [-0.39, 0.29) is 24.3 Å². The minimum atomic E-state index is -0.665. The van der Waals surface area contributed by atoms with Gasteiger partial charge in [0.2, 0.25) is 11.8 Å². The van der Waals surface area contributed by atoms with Gasteiger partial charge in [0.05, 0.1) is 6.42 Å². The Morgan fingerprint density at radius 2 is 1.56 bits per heavy atom. The molecule has 0 aliphatic heterocycles. The van der Waals surface area contributed by atoms with Crippen LogP contribution in [0.25, 0.3) is 0 Å². The molecule has 3 aromatic rings. The first-order valence-electron chi connectivity index (χ1n) is 12.5. The van der Waals surface area contributed by atoms with Gasteiger partial charge < -0.3 is 10.2 Å². The molecule has 0 heterocycles. The van der Waals surface area contributed by atoms with Gasteiger partial charge in [-0.05, 0) is 48.6 Å². The van der Waals surface area contributed by atoms with E-state index < -0.39 is 6.04 Å². The van der Waals surface area contributed by atoms with E-state index in [1.165, 1.54) is 0 Å². The molecule has 36 heavy (non-hydrogen) atoms. The number of amides is 2. The van der Waals surface area contributed by atoms with Crippen molar-refractivity contribution in [1.29, 1.82) is 0 Å². The van der Waals surface area contributed by atoms with Crippen molar-refractivity contribution in [3.8, 4) is 0 Å². The van der Waals surface area contributed by atoms with Crippen LogP contribution in [-0.4, -0.2) is 28.8 Å². The monoisotopic (exact) mass is 522 g/mol. The topological polar surface area (TPSA) is 49.4 Å². The lowest BCUT2D eigenvalue weighted by molar-refractivity contribution is -0.141. The third-order valence-corrected chi connectivity index (χ3v) is 7.51. The third-order valence-electron chi connectivity index (χ3n) is 6.80. The van der Waals surface area contributed by atoms with Crippen molar-refractivity contribution in [1.82, 2.24) is 10.2 Å². The van der Waals surface area contributed by atoms with Crippen molar-refractivity contribution in [3.05, 3.63) is 105 Å². The van der Waals surface area contributed by atoms with Gasteiger partial charge in [-0.2, -0.15) is 0 Å². The Morgan fingerprint density at radius 1 is 0.917 bits per heavy atom. The lowest BCUT2D eigenvalue weighted by Gasteiger charge is -2.32. The quantitative estimate of drug-likeness (QED) is 0.346. The standard InChI is InChI=1S/C30H32Cl2N2O2/c1-21-9-7-12-23(17-21)20-34(29(35)19-25-26(31)15-8-16-27(25)32)28(18-22-10-3-2-4-11-22)30(36)33-24-13-5-6-14-24/h2-4,7-12,15-17,24,28H,5-6,13-14,18-20H2,1H3,(H,33,36). The van der Waals surface area contributed by atoms with Crippen LogP contribution in [0.1, 0.15) is 47.9 Å². The largest absolute Gasteiger partial charge is 0.352 e. The van der Waals surface area contributed by atoms with E-state index in [9.17, 15) is 9.59 Å². The second kappa shape index (κ2) is 12.4. The molecule has 0 spiro atoms. The first-order chi connectivity index (χ1) is 17.4. The number of halogens is 2. The molecular formula is C30H32Cl2N2O2. The molecule has 0 aromatic heterocycles. The number of carbonyl (C=O) groups is 2. The summed E-state index contributed by atoms with van der Waals surface area (Å²) in [6.45, 7) is 2.34. The lowest BCUT2D eigenvalue weighted by Crippen LogP contribution is -2.52. The molecule has 1 unspecified atom stereocenters. The smallest absolute Gasteiger partial charge is 0.243 e. The number of hydrogen-bond acceptors (Lipinski definition) is 2. The van der Waals surface area contributed by atoms with E-state index in [2.05, 4.69) is 11.4 Å². The fourth-order valence-electron chi connectivity index (χ4n) is 4.88.